The Morgan fingerprint density at radius 1 is 1.18 bits per heavy atom. The Morgan fingerprint density at radius 3 is 2.79 bits per heavy atom. The van der Waals surface area contributed by atoms with Gasteiger partial charge in [-0.05, 0) is 55.0 Å². The largest absolute Gasteiger partial charge is 0.492 e. The highest BCUT2D eigenvalue weighted by Gasteiger charge is 2.30. The Labute approximate surface area is 193 Å². The van der Waals surface area contributed by atoms with Crippen LogP contribution in [0.5, 0.6) is 17.4 Å². The number of aryl methyl sites for hydroxylation is 2. The Bertz CT molecular complexity index is 1210. The summed E-state index contributed by atoms with van der Waals surface area (Å²) in [4.78, 5) is 15.7. The highest BCUT2D eigenvalue weighted by Crippen LogP contribution is 2.43. The van der Waals surface area contributed by atoms with E-state index in [1.807, 2.05) is 31.2 Å². The van der Waals surface area contributed by atoms with Gasteiger partial charge in [-0.1, -0.05) is 24.3 Å². The van der Waals surface area contributed by atoms with E-state index in [2.05, 4.69) is 30.1 Å². The van der Waals surface area contributed by atoms with E-state index in [-0.39, 0.29) is 18.4 Å². The lowest BCUT2D eigenvalue weighted by Crippen LogP contribution is -2.07. The van der Waals surface area contributed by atoms with E-state index in [0.29, 0.717) is 12.5 Å². The average molecular weight is 446 g/mol. The van der Waals surface area contributed by atoms with E-state index in [1.165, 1.54) is 16.7 Å². The predicted octanol–water partition coefficient (Wildman–Crippen LogP) is 5.39. The maximum absolute atomic E-state index is 11.1. The molecule has 0 radical (unpaired) electrons. The van der Waals surface area contributed by atoms with Gasteiger partial charge in [-0.2, -0.15) is 0 Å². The van der Waals surface area contributed by atoms with Gasteiger partial charge in [0.2, 0.25) is 5.88 Å². The molecule has 6 nitrogen and oxygen atoms in total. The number of pyridine rings is 1. The van der Waals surface area contributed by atoms with Crippen LogP contribution in [-0.4, -0.2) is 29.8 Å². The van der Waals surface area contributed by atoms with Crippen LogP contribution in [0.25, 0.3) is 11.1 Å². The molecule has 0 amide bonds. The average Bonchev–Trinajstić information content (AvgIpc) is 3.37. The first kappa shape index (κ1) is 21.3. The van der Waals surface area contributed by atoms with Gasteiger partial charge in [0.05, 0.1) is 20.1 Å². The second kappa shape index (κ2) is 8.43. The first-order valence-corrected chi connectivity index (χ1v) is 11.2. The molecule has 0 spiro atoms. The Balaban J connectivity index is 1.42. The molecule has 33 heavy (non-hydrogen) atoms. The van der Waals surface area contributed by atoms with Crippen molar-refractivity contribution in [2.24, 2.45) is 0 Å². The summed E-state index contributed by atoms with van der Waals surface area (Å²) in [5, 5.41) is 9.11. The number of hydrogen-bond acceptors (Lipinski definition) is 5. The molecule has 3 aromatic rings. The van der Waals surface area contributed by atoms with Crippen LogP contribution >= 0.6 is 0 Å². The molecule has 0 unspecified atom stereocenters. The smallest absolute Gasteiger partial charge is 0.304 e. The summed E-state index contributed by atoms with van der Waals surface area (Å²) in [5.41, 5.74) is 7.91. The number of carboxylic acid groups (broad SMARTS) is 1. The molecule has 2 heterocycles. The maximum atomic E-state index is 11.1. The molecule has 5 rings (SSSR count). The molecule has 2 aromatic carbocycles. The van der Waals surface area contributed by atoms with Crippen LogP contribution in [0.1, 0.15) is 52.8 Å². The maximum Gasteiger partial charge on any atom is 0.304 e. The van der Waals surface area contributed by atoms with Crippen LogP contribution in [0, 0.1) is 13.8 Å². The van der Waals surface area contributed by atoms with Crippen molar-refractivity contribution in [3.8, 4) is 28.5 Å². The molecule has 1 aliphatic heterocycles. The van der Waals surface area contributed by atoms with Gasteiger partial charge in [-0.3, -0.25) is 4.79 Å². The van der Waals surface area contributed by atoms with Crippen molar-refractivity contribution in [1.82, 2.24) is 4.98 Å². The second-order valence-electron chi connectivity index (χ2n) is 8.77. The minimum atomic E-state index is -0.812. The first-order valence-electron chi connectivity index (χ1n) is 11.2. The van der Waals surface area contributed by atoms with Crippen molar-refractivity contribution in [2.75, 3.05) is 13.7 Å². The molecular weight excluding hydrogens is 418 g/mol. The third kappa shape index (κ3) is 3.90. The number of hydrogen-bond donors (Lipinski definition) is 1. The quantitative estimate of drug-likeness (QED) is 0.548. The zero-order valence-corrected chi connectivity index (χ0v) is 19.1. The van der Waals surface area contributed by atoms with Crippen molar-refractivity contribution in [3.63, 3.8) is 0 Å². The molecule has 1 aliphatic carbocycles. The number of carbonyl (C=O) groups is 1. The summed E-state index contributed by atoms with van der Waals surface area (Å²) < 4.78 is 17.5. The molecule has 2 aliphatic rings. The summed E-state index contributed by atoms with van der Waals surface area (Å²) in [6.45, 7) is 4.52. The lowest BCUT2D eigenvalue weighted by molar-refractivity contribution is -0.137. The van der Waals surface area contributed by atoms with Gasteiger partial charge in [-0.15, -0.1) is 0 Å². The molecule has 0 bridgehead atoms. The van der Waals surface area contributed by atoms with Crippen LogP contribution in [0.2, 0.25) is 0 Å². The van der Waals surface area contributed by atoms with Crippen LogP contribution < -0.4 is 14.2 Å². The van der Waals surface area contributed by atoms with Gasteiger partial charge in [0.1, 0.15) is 17.6 Å². The number of rotatable bonds is 6. The molecule has 0 saturated heterocycles. The number of carboxylic acids is 1. The Hall–Kier alpha value is -3.54. The van der Waals surface area contributed by atoms with Crippen molar-refractivity contribution >= 4 is 5.97 Å². The molecule has 2 atom stereocenters. The van der Waals surface area contributed by atoms with Gasteiger partial charge in [0, 0.05) is 34.9 Å². The SMILES string of the molecule is COc1cc(C)c(-c2cccc3c2CC[C@H]3Oc2ccc3c(c2)OC[C@H]3CC(=O)O)c(C)n1. The zero-order valence-electron chi connectivity index (χ0n) is 19.1. The van der Waals surface area contributed by atoms with Gasteiger partial charge < -0.3 is 19.3 Å². The number of methoxy groups -OCH3 is 1. The molecule has 170 valence electrons. The molecule has 6 heteroatoms. The van der Waals surface area contributed by atoms with Gasteiger partial charge in [0.15, 0.2) is 0 Å². The van der Waals surface area contributed by atoms with E-state index >= 15 is 0 Å². The molecule has 0 fully saturated rings. The fourth-order valence-corrected chi connectivity index (χ4v) is 5.16. The van der Waals surface area contributed by atoms with Crippen molar-refractivity contribution in [1.29, 1.82) is 0 Å². The van der Waals surface area contributed by atoms with Crippen LogP contribution in [0.4, 0.5) is 0 Å². The van der Waals surface area contributed by atoms with E-state index in [9.17, 15) is 4.79 Å². The molecular formula is C27H27NO5. The summed E-state index contributed by atoms with van der Waals surface area (Å²) in [5.74, 6) is 1.18. The zero-order chi connectivity index (χ0) is 23.1. The second-order valence-corrected chi connectivity index (χ2v) is 8.77. The number of fused-ring (bicyclic) bond motifs is 2. The van der Waals surface area contributed by atoms with Gasteiger partial charge >= 0.3 is 5.97 Å². The molecule has 1 aromatic heterocycles. The summed E-state index contributed by atoms with van der Waals surface area (Å²) in [6.07, 6.45) is 1.86. The Morgan fingerprint density at radius 2 is 2.03 bits per heavy atom. The van der Waals surface area contributed by atoms with Crippen molar-refractivity contribution < 1.29 is 24.1 Å². The monoisotopic (exact) mass is 445 g/mol. The summed E-state index contributed by atoms with van der Waals surface area (Å²) in [6, 6.07) is 14.1. The van der Waals surface area contributed by atoms with Gasteiger partial charge in [0.25, 0.3) is 0 Å². The molecule has 1 N–H and O–H groups in total. The molecule has 0 saturated carbocycles. The Kier molecular flexibility index (Phi) is 5.44. The predicted molar refractivity (Wildman–Crippen MR) is 124 cm³/mol. The van der Waals surface area contributed by atoms with Crippen LogP contribution in [-0.2, 0) is 11.2 Å². The number of aromatic nitrogens is 1. The van der Waals surface area contributed by atoms with Crippen molar-refractivity contribution in [2.45, 2.75) is 45.1 Å². The topological polar surface area (TPSA) is 77.9 Å². The third-order valence-corrected chi connectivity index (χ3v) is 6.63. The third-order valence-electron chi connectivity index (χ3n) is 6.63. The van der Waals surface area contributed by atoms with E-state index in [1.54, 1.807) is 7.11 Å². The first-order chi connectivity index (χ1) is 15.9. The van der Waals surface area contributed by atoms with E-state index in [0.717, 1.165) is 46.7 Å². The standard InChI is InChI=1S/C27H27NO5/c1-15-11-25(31-3)28-16(2)27(15)22-6-4-5-21-20(22)9-10-23(21)33-18-7-8-19-17(12-26(29)30)14-32-24(19)13-18/h4-8,11,13,17,23H,9-10,12,14H2,1-3H3,(H,29,30)/t17-,23-/m1/s1. The number of benzene rings is 2. The van der Waals surface area contributed by atoms with Crippen LogP contribution in [0.15, 0.2) is 42.5 Å². The fraction of sp³-hybridized carbons (Fsp3) is 0.333. The van der Waals surface area contributed by atoms with E-state index < -0.39 is 5.97 Å². The highest BCUT2D eigenvalue weighted by molar-refractivity contribution is 5.75. The fourth-order valence-electron chi connectivity index (χ4n) is 5.16. The number of ether oxygens (including phenoxy) is 3. The summed E-state index contributed by atoms with van der Waals surface area (Å²) in [7, 11) is 1.64. The lowest BCUT2D eigenvalue weighted by Gasteiger charge is -2.18. The number of aliphatic carboxylic acids is 1. The van der Waals surface area contributed by atoms with Crippen molar-refractivity contribution in [3.05, 3.63) is 70.4 Å². The minimum absolute atomic E-state index is 0.0407. The normalized spacial score (nSPS) is 18.4. The highest BCUT2D eigenvalue weighted by atomic mass is 16.5. The van der Waals surface area contributed by atoms with Gasteiger partial charge in [-0.25, -0.2) is 4.98 Å². The lowest BCUT2D eigenvalue weighted by atomic mass is 9.93. The van der Waals surface area contributed by atoms with Crippen LogP contribution in [0.3, 0.4) is 0 Å². The minimum Gasteiger partial charge on any atom is -0.492 e. The number of nitrogens with zero attached hydrogens (tertiary/aromatic N) is 1. The summed E-state index contributed by atoms with van der Waals surface area (Å²) >= 11 is 0. The van der Waals surface area contributed by atoms with E-state index in [4.69, 9.17) is 19.3 Å².